The highest BCUT2D eigenvalue weighted by Crippen LogP contribution is 2.15. The molecule has 0 saturated heterocycles. The lowest BCUT2D eigenvalue weighted by atomic mass is 10.1. The van der Waals surface area contributed by atoms with Gasteiger partial charge in [-0.2, -0.15) is 0 Å². The number of benzene rings is 1. The molecule has 0 unspecified atom stereocenters. The van der Waals surface area contributed by atoms with E-state index >= 15 is 0 Å². The van der Waals surface area contributed by atoms with Crippen molar-refractivity contribution in [2.45, 2.75) is 26.8 Å². The molecule has 106 valence electrons. The van der Waals surface area contributed by atoms with E-state index in [2.05, 4.69) is 15.8 Å². The maximum Gasteiger partial charge on any atom is 0.230 e. The fourth-order valence-corrected chi connectivity index (χ4v) is 1.92. The van der Waals surface area contributed by atoms with Gasteiger partial charge in [0.05, 0.1) is 12.1 Å². The van der Waals surface area contributed by atoms with Gasteiger partial charge in [-0.25, -0.2) is 0 Å². The molecule has 0 spiro atoms. The van der Waals surface area contributed by atoms with Gasteiger partial charge in [0.25, 0.3) is 0 Å². The Morgan fingerprint density at radius 3 is 2.85 bits per heavy atom. The van der Waals surface area contributed by atoms with Gasteiger partial charge in [0.2, 0.25) is 5.91 Å². The van der Waals surface area contributed by atoms with E-state index < -0.39 is 0 Å². The van der Waals surface area contributed by atoms with Crippen LogP contribution in [0.2, 0.25) is 0 Å². The molecular weight excluding hydrogens is 254 g/mol. The summed E-state index contributed by atoms with van der Waals surface area (Å²) in [6.07, 6.45) is 0.215. The highest BCUT2D eigenvalue weighted by Gasteiger charge is 2.09. The average Bonchev–Trinajstić information content (AvgIpc) is 2.83. The summed E-state index contributed by atoms with van der Waals surface area (Å²) in [5.41, 5.74) is 2.54. The molecule has 1 aromatic heterocycles. The van der Waals surface area contributed by atoms with Gasteiger partial charge in [-0.3, -0.25) is 4.79 Å². The Morgan fingerprint density at radius 2 is 2.15 bits per heavy atom. The first-order valence-corrected chi connectivity index (χ1v) is 6.69. The van der Waals surface area contributed by atoms with Crippen LogP contribution in [0.4, 0.5) is 5.69 Å². The number of para-hydroxylation sites is 1. The number of carbonyl (C=O) groups is 1. The summed E-state index contributed by atoms with van der Waals surface area (Å²) in [7, 11) is 0. The number of carbonyl (C=O) groups excluding carboxylic acids is 1. The molecule has 1 aromatic carbocycles. The van der Waals surface area contributed by atoms with E-state index in [0.29, 0.717) is 11.5 Å². The van der Waals surface area contributed by atoms with Crippen molar-refractivity contribution in [2.75, 3.05) is 11.9 Å². The summed E-state index contributed by atoms with van der Waals surface area (Å²) < 4.78 is 4.95. The van der Waals surface area contributed by atoms with Gasteiger partial charge in [-0.1, -0.05) is 30.3 Å². The zero-order chi connectivity index (χ0) is 14.4. The van der Waals surface area contributed by atoms with Gasteiger partial charge in [0.1, 0.15) is 5.76 Å². The van der Waals surface area contributed by atoms with Crippen LogP contribution in [-0.2, 0) is 17.8 Å². The molecule has 0 atom stereocenters. The number of anilines is 1. The molecule has 2 rings (SSSR count). The molecule has 2 N–H and O–H groups in total. The Hall–Kier alpha value is -2.14. The zero-order valence-corrected chi connectivity index (χ0v) is 11.8. The number of aryl methyl sites for hydroxylation is 1. The van der Waals surface area contributed by atoms with Gasteiger partial charge in [-0.05, 0) is 25.1 Å². The van der Waals surface area contributed by atoms with Gasteiger partial charge in [0.15, 0.2) is 0 Å². The summed E-state index contributed by atoms with van der Waals surface area (Å²) in [4.78, 5) is 12.0. The maximum atomic E-state index is 12.0. The minimum absolute atomic E-state index is 0.0951. The van der Waals surface area contributed by atoms with E-state index in [1.54, 1.807) is 13.0 Å². The molecule has 2 aromatic rings. The van der Waals surface area contributed by atoms with Crippen LogP contribution in [0.15, 0.2) is 34.9 Å². The Bertz CT molecular complexity index is 578. The van der Waals surface area contributed by atoms with Crippen LogP contribution in [-0.4, -0.2) is 17.6 Å². The number of nitrogens with zero attached hydrogens (tertiary/aromatic N) is 1. The van der Waals surface area contributed by atoms with Crippen LogP contribution in [0.5, 0.6) is 0 Å². The summed E-state index contributed by atoms with van der Waals surface area (Å²) in [6, 6.07) is 9.54. The van der Waals surface area contributed by atoms with E-state index in [1.165, 1.54) is 0 Å². The van der Waals surface area contributed by atoms with Gasteiger partial charge in [-0.15, -0.1) is 0 Å². The lowest BCUT2D eigenvalue weighted by Crippen LogP contribution is -2.18. The third-order valence-electron chi connectivity index (χ3n) is 2.88. The van der Waals surface area contributed by atoms with Gasteiger partial charge in [0, 0.05) is 18.3 Å². The number of nitrogens with one attached hydrogen (secondary N) is 2. The molecule has 5 nitrogen and oxygen atoms in total. The molecule has 1 heterocycles. The highest BCUT2D eigenvalue weighted by atomic mass is 16.5. The number of hydrogen-bond donors (Lipinski definition) is 2. The molecule has 5 heteroatoms. The van der Waals surface area contributed by atoms with Crippen molar-refractivity contribution in [3.05, 3.63) is 47.3 Å². The molecule has 0 fully saturated rings. The summed E-state index contributed by atoms with van der Waals surface area (Å²) in [5.74, 6) is 0.614. The van der Waals surface area contributed by atoms with Crippen LogP contribution in [0.1, 0.15) is 23.9 Å². The third-order valence-corrected chi connectivity index (χ3v) is 2.88. The minimum Gasteiger partial charge on any atom is -0.361 e. The fraction of sp³-hybridized carbons (Fsp3) is 0.333. The SMILES string of the molecule is CCNCc1ccccc1NC(=O)Cc1cc(C)on1. The zero-order valence-electron chi connectivity index (χ0n) is 11.8. The average molecular weight is 273 g/mol. The Morgan fingerprint density at radius 1 is 1.35 bits per heavy atom. The summed E-state index contributed by atoms with van der Waals surface area (Å²) in [6.45, 7) is 5.48. The first-order chi connectivity index (χ1) is 9.69. The minimum atomic E-state index is -0.0951. The van der Waals surface area contributed by atoms with Crippen LogP contribution < -0.4 is 10.6 Å². The lowest BCUT2D eigenvalue weighted by molar-refractivity contribution is -0.115. The molecule has 0 bridgehead atoms. The van der Waals surface area contributed by atoms with Crippen molar-refractivity contribution >= 4 is 11.6 Å². The van der Waals surface area contributed by atoms with Gasteiger partial charge < -0.3 is 15.2 Å². The molecular formula is C15H19N3O2. The van der Waals surface area contributed by atoms with Crippen molar-refractivity contribution in [3.63, 3.8) is 0 Å². The van der Waals surface area contributed by atoms with Crippen molar-refractivity contribution in [3.8, 4) is 0 Å². The molecule has 0 radical (unpaired) electrons. The Kier molecular flexibility index (Phi) is 4.90. The maximum absolute atomic E-state index is 12.0. The molecule has 0 aliphatic rings. The fourth-order valence-electron chi connectivity index (χ4n) is 1.92. The molecule has 1 amide bonds. The predicted molar refractivity (Wildman–Crippen MR) is 77.4 cm³/mol. The second-order valence-electron chi connectivity index (χ2n) is 4.59. The van der Waals surface area contributed by atoms with E-state index in [9.17, 15) is 4.79 Å². The normalized spacial score (nSPS) is 10.5. The largest absolute Gasteiger partial charge is 0.361 e. The van der Waals surface area contributed by atoms with Crippen molar-refractivity contribution in [2.24, 2.45) is 0 Å². The van der Waals surface area contributed by atoms with Crippen molar-refractivity contribution in [1.82, 2.24) is 10.5 Å². The topological polar surface area (TPSA) is 67.2 Å². The van der Waals surface area contributed by atoms with Crippen LogP contribution in [0, 0.1) is 6.92 Å². The second-order valence-corrected chi connectivity index (χ2v) is 4.59. The number of amides is 1. The van der Waals surface area contributed by atoms with Crippen molar-refractivity contribution in [1.29, 1.82) is 0 Å². The van der Waals surface area contributed by atoms with Gasteiger partial charge >= 0.3 is 0 Å². The molecule has 0 aliphatic carbocycles. The number of rotatable bonds is 6. The predicted octanol–water partition coefficient (Wildman–Crippen LogP) is 2.27. The first kappa shape index (κ1) is 14.3. The highest BCUT2D eigenvalue weighted by molar-refractivity contribution is 5.92. The van der Waals surface area contributed by atoms with E-state index in [0.717, 1.165) is 24.3 Å². The van der Waals surface area contributed by atoms with E-state index in [4.69, 9.17) is 4.52 Å². The monoisotopic (exact) mass is 273 g/mol. The van der Waals surface area contributed by atoms with Crippen LogP contribution in [0.3, 0.4) is 0 Å². The van der Waals surface area contributed by atoms with Crippen LogP contribution >= 0.6 is 0 Å². The standard InChI is InChI=1S/C15H19N3O2/c1-3-16-10-12-6-4-5-7-14(12)17-15(19)9-13-8-11(2)20-18-13/h4-8,16H,3,9-10H2,1-2H3,(H,17,19). The van der Waals surface area contributed by atoms with Crippen molar-refractivity contribution < 1.29 is 9.32 Å². The summed E-state index contributed by atoms with van der Waals surface area (Å²) >= 11 is 0. The van der Waals surface area contributed by atoms with E-state index in [1.807, 2.05) is 31.2 Å². The summed E-state index contributed by atoms with van der Waals surface area (Å²) in [5, 5.41) is 9.99. The Labute approximate surface area is 118 Å². The number of hydrogen-bond acceptors (Lipinski definition) is 4. The second kappa shape index (κ2) is 6.86. The lowest BCUT2D eigenvalue weighted by Gasteiger charge is -2.10. The third kappa shape index (κ3) is 3.93. The molecule has 20 heavy (non-hydrogen) atoms. The molecule has 0 saturated carbocycles. The smallest absolute Gasteiger partial charge is 0.230 e. The number of aromatic nitrogens is 1. The molecule has 0 aliphatic heterocycles. The van der Waals surface area contributed by atoms with E-state index in [-0.39, 0.29) is 12.3 Å². The first-order valence-electron chi connectivity index (χ1n) is 6.69. The van der Waals surface area contributed by atoms with Crippen LogP contribution in [0.25, 0.3) is 0 Å². The quantitative estimate of drug-likeness (QED) is 0.847. The Balaban J connectivity index is 2.00.